The summed E-state index contributed by atoms with van der Waals surface area (Å²) in [5.74, 6) is 0.775. The largest absolute Gasteiger partial charge is 0.359 e. The van der Waals surface area contributed by atoms with Crippen LogP contribution in [-0.2, 0) is 0 Å². The maximum absolute atomic E-state index is 5.16. The lowest BCUT2D eigenvalue weighted by Crippen LogP contribution is -2.46. The minimum atomic E-state index is 0.379. The molecule has 84 valence electrons. The van der Waals surface area contributed by atoms with Crippen molar-refractivity contribution in [2.45, 2.75) is 45.6 Å². The number of nitrogens with one attached hydrogen (secondary N) is 3. The number of hydrazine groups is 1. The minimum Gasteiger partial charge on any atom is -0.359 e. The molecule has 0 aromatic heterocycles. The Balaban J connectivity index is 1.76. The van der Waals surface area contributed by atoms with Gasteiger partial charge in [0.2, 0.25) is 0 Å². The molecule has 15 heavy (non-hydrogen) atoms. The Labute approximate surface area is 96.7 Å². The first-order valence-electron chi connectivity index (χ1n) is 5.71. The summed E-state index contributed by atoms with van der Waals surface area (Å²) < 4.78 is 0. The summed E-state index contributed by atoms with van der Waals surface area (Å²) in [5.41, 5.74) is 9.33. The smallest absolute Gasteiger partial charge is 0.185 e. The minimum absolute atomic E-state index is 0.379. The van der Waals surface area contributed by atoms with E-state index in [1.807, 2.05) is 0 Å². The molecule has 0 saturated heterocycles. The van der Waals surface area contributed by atoms with E-state index in [9.17, 15) is 0 Å². The van der Waals surface area contributed by atoms with Gasteiger partial charge in [0, 0.05) is 17.7 Å². The molecule has 0 bridgehead atoms. The van der Waals surface area contributed by atoms with E-state index in [4.69, 9.17) is 12.2 Å². The molecule has 3 nitrogen and oxygen atoms in total. The van der Waals surface area contributed by atoms with E-state index < -0.39 is 0 Å². The number of allylic oxidation sites excluding steroid dienone is 2. The predicted octanol–water partition coefficient (Wildman–Crippen LogP) is 1.82. The second-order valence-electron chi connectivity index (χ2n) is 4.67. The highest BCUT2D eigenvalue weighted by Crippen LogP contribution is 2.42. The van der Waals surface area contributed by atoms with Gasteiger partial charge in [0.1, 0.15) is 0 Å². The normalized spacial score (nSPS) is 18.7. The van der Waals surface area contributed by atoms with Gasteiger partial charge in [-0.05, 0) is 57.3 Å². The summed E-state index contributed by atoms with van der Waals surface area (Å²) in [7, 11) is 0. The average molecular weight is 225 g/mol. The highest BCUT2D eigenvalue weighted by Gasteiger charge is 2.31. The van der Waals surface area contributed by atoms with Crippen LogP contribution >= 0.6 is 12.2 Å². The molecule has 2 rings (SSSR count). The zero-order valence-electron chi connectivity index (χ0n) is 9.39. The van der Waals surface area contributed by atoms with Crippen LogP contribution in [0, 0.1) is 5.92 Å². The predicted molar refractivity (Wildman–Crippen MR) is 66.1 cm³/mol. The van der Waals surface area contributed by atoms with E-state index in [2.05, 4.69) is 30.0 Å². The fraction of sp³-hybridized carbons (Fsp3) is 0.727. The molecule has 0 atom stereocenters. The third-order valence-electron chi connectivity index (χ3n) is 2.60. The molecule has 4 heteroatoms. The topological polar surface area (TPSA) is 36.1 Å². The van der Waals surface area contributed by atoms with Crippen LogP contribution in [0.4, 0.5) is 0 Å². The molecule has 0 heterocycles. The average Bonchev–Trinajstić information content (AvgIpc) is 2.99. The first kappa shape index (κ1) is 10.7. The molecule has 0 spiro atoms. The third kappa shape index (κ3) is 3.38. The fourth-order valence-corrected chi connectivity index (χ4v) is 1.89. The lowest BCUT2D eigenvalue weighted by molar-refractivity contribution is 0.658. The van der Waals surface area contributed by atoms with Crippen LogP contribution in [0.25, 0.3) is 0 Å². The van der Waals surface area contributed by atoms with Gasteiger partial charge in [-0.15, -0.1) is 0 Å². The van der Waals surface area contributed by atoms with Crippen LogP contribution in [0.5, 0.6) is 0 Å². The van der Waals surface area contributed by atoms with E-state index in [0.717, 1.165) is 5.92 Å². The van der Waals surface area contributed by atoms with E-state index in [0.29, 0.717) is 11.2 Å². The van der Waals surface area contributed by atoms with Gasteiger partial charge in [0.15, 0.2) is 5.11 Å². The Morgan fingerprint density at radius 2 is 1.93 bits per heavy atom. The summed E-state index contributed by atoms with van der Waals surface area (Å²) in [6, 6.07) is 0.379. The Morgan fingerprint density at radius 3 is 2.40 bits per heavy atom. The molecule has 2 fully saturated rings. The molecule has 0 aromatic carbocycles. The summed E-state index contributed by atoms with van der Waals surface area (Å²) in [5, 5.41) is 3.84. The van der Waals surface area contributed by atoms with Gasteiger partial charge in [-0.2, -0.15) is 0 Å². The van der Waals surface area contributed by atoms with Crippen LogP contribution in [-0.4, -0.2) is 11.2 Å². The summed E-state index contributed by atoms with van der Waals surface area (Å²) in [6.07, 6.45) is 5.20. The van der Waals surface area contributed by atoms with Crippen molar-refractivity contribution < 1.29 is 0 Å². The lowest BCUT2D eigenvalue weighted by Gasteiger charge is -2.16. The van der Waals surface area contributed by atoms with Crippen molar-refractivity contribution >= 4 is 17.3 Å². The Bertz CT molecular complexity index is 286. The molecular weight excluding hydrogens is 206 g/mol. The maximum Gasteiger partial charge on any atom is 0.185 e. The highest BCUT2D eigenvalue weighted by molar-refractivity contribution is 7.80. The maximum atomic E-state index is 5.16. The molecule has 2 saturated carbocycles. The Hall–Kier alpha value is -0.770. The van der Waals surface area contributed by atoms with Gasteiger partial charge in [0.05, 0.1) is 0 Å². The van der Waals surface area contributed by atoms with E-state index >= 15 is 0 Å². The van der Waals surface area contributed by atoms with Gasteiger partial charge >= 0.3 is 0 Å². The molecule has 0 unspecified atom stereocenters. The number of thiocarbonyl (C=S) groups is 1. The Kier molecular flexibility index (Phi) is 3.14. The van der Waals surface area contributed by atoms with E-state index in [-0.39, 0.29) is 0 Å². The monoisotopic (exact) mass is 225 g/mol. The van der Waals surface area contributed by atoms with E-state index in [1.165, 1.54) is 31.4 Å². The standard InChI is InChI=1S/C11H19N3S/c1-7(2)12-11(15)14-13-10(8-3-4-8)9-5-6-9/h7-8,13H,3-6H2,1-2H3,(H2,12,14,15). The molecular formula is C11H19N3S. The van der Waals surface area contributed by atoms with Crippen molar-refractivity contribution in [3.05, 3.63) is 11.3 Å². The zero-order chi connectivity index (χ0) is 10.8. The second-order valence-corrected chi connectivity index (χ2v) is 5.08. The van der Waals surface area contributed by atoms with Crippen LogP contribution in [0.1, 0.15) is 39.5 Å². The summed E-state index contributed by atoms with van der Waals surface area (Å²) in [6.45, 7) is 4.16. The van der Waals surface area contributed by atoms with Crippen molar-refractivity contribution in [2.24, 2.45) is 5.92 Å². The van der Waals surface area contributed by atoms with Crippen LogP contribution < -0.4 is 16.2 Å². The SMILES string of the molecule is CC(C)NC(=S)NNC(=C1CC1)C1CC1. The Morgan fingerprint density at radius 1 is 1.27 bits per heavy atom. The van der Waals surface area contributed by atoms with Crippen molar-refractivity contribution in [1.29, 1.82) is 0 Å². The summed E-state index contributed by atoms with van der Waals surface area (Å²) in [4.78, 5) is 0. The van der Waals surface area contributed by atoms with Crippen LogP contribution in [0.2, 0.25) is 0 Å². The fourth-order valence-electron chi connectivity index (χ4n) is 1.61. The van der Waals surface area contributed by atoms with Crippen molar-refractivity contribution in [1.82, 2.24) is 16.2 Å². The quantitative estimate of drug-likeness (QED) is 0.504. The molecule has 0 aliphatic heterocycles. The number of hydrogen-bond donors (Lipinski definition) is 3. The number of rotatable bonds is 4. The molecule has 2 aliphatic carbocycles. The van der Waals surface area contributed by atoms with Crippen molar-refractivity contribution in [3.8, 4) is 0 Å². The highest BCUT2D eigenvalue weighted by atomic mass is 32.1. The van der Waals surface area contributed by atoms with E-state index in [1.54, 1.807) is 5.57 Å². The molecule has 0 radical (unpaired) electrons. The molecule has 2 aliphatic rings. The molecule has 0 aromatic rings. The lowest BCUT2D eigenvalue weighted by atomic mass is 10.3. The zero-order valence-corrected chi connectivity index (χ0v) is 10.2. The van der Waals surface area contributed by atoms with Crippen molar-refractivity contribution in [3.63, 3.8) is 0 Å². The van der Waals surface area contributed by atoms with Crippen LogP contribution in [0.15, 0.2) is 11.3 Å². The molecule has 3 N–H and O–H groups in total. The van der Waals surface area contributed by atoms with Gasteiger partial charge < -0.3 is 10.7 Å². The summed E-state index contributed by atoms with van der Waals surface area (Å²) >= 11 is 5.16. The van der Waals surface area contributed by atoms with Gasteiger partial charge in [0.25, 0.3) is 0 Å². The third-order valence-corrected chi connectivity index (χ3v) is 2.82. The van der Waals surface area contributed by atoms with Gasteiger partial charge in [-0.3, -0.25) is 5.43 Å². The van der Waals surface area contributed by atoms with Gasteiger partial charge in [-0.1, -0.05) is 0 Å². The molecule has 0 amide bonds. The second kappa shape index (κ2) is 4.39. The van der Waals surface area contributed by atoms with Crippen LogP contribution in [0.3, 0.4) is 0 Å². The first-order valence-corrected chi connectivity index (χ1v) is 6.12. The first-order chi connectivity index (χ1) is 7.16. The van der Waals surface area contributed by atoms with Crippen molar-refractivity contribution in [2.75, 3.05) is 0 Å². The van der Waals surface area contributed by atoms with Gasteiger partial charge in [-0.25, -0.2) is 0 Å². The number of hydrogen-bond acceptors (Lipinski definition) is 2.